The van der Waals surface area contributed by atoms with Crippen LogP contribution in [-0.4, -0.2) is 29.9 Å². The average molecular weight is 303 g/mol. The van der Waals surface area contributed by atoms with Gasteiger partial charge in [0.15, 0.2) is 11.7 Å². The molecule has 6 nitrogen and oxygen atoms in total. The van der Waals surface area contributed by atoms with Crippen molar-refractivity contribution < 1.29 is 14.3 Å². The minimum atomic E-state index is -0.283. The van der Waals surface area contributed by atoms with E-state index < -0.39 is 0 Å². The molecule has 2 heterocycles. The lowest BCUT2D eigenvalue weighted by Gasteiger charge is -2.28. The number of rotatable bonds is 3. The van der Waals surface area contributed by atoms with Gasteiger partial charge in [-0.25, -0.2) is 4.98 Å². The Hall–Kier alpha value is -2.41. The fourth-order valence-electron chi connectivity index (χ4n) is 2.04. The number of ether oxygens (including phenoxy) is 1. The smallest absolute Gasteiger partial charge is 0.265 e. The number of benzene rings is 1. The SMILES string of the molecule is Cc1cnc(NC(=O)CN2C(=O)COc3ccccc32)s1. The van der Waals surface area contributed by atoms with E-state index in [1.807, 2.05) is 13.0 Å². The average Bonchev–Trinajstić information content (AvgIpc) is 2.87. The molecule has 1 N–H and O–H groups in total. The molecule has 0 saturated carbocycles. The molecule has 0 atom stereocenters. The molecular weight excluding hydrogens is 290 g/mol. The van der Waals surface area contributed by atoms with E-state index in [-0.39, 0.29) is 25.0 Å². The Balaban J connectivity index is 1.74. The van der Waals surface area contributed by atoms with Gasteiger partial charge in [-0.15, -0.1) is 11.3 Å². The third kappa shape index (κ3) is 2.87. The number of fused-ring (bicyclic) bond motifs is 1. The molecule has 0 aliphatic carbocycles. The Morgan fingerprint density at radius 1 is 1.48 bits per heavy atom. The van der Waals surface area contributed by atoms with E-state index in [9.17, 15) is 9.59 Å². The van der Waals surface area contributed by atoms with Crippen LogP contribution in [0.2, 0.25) is 0 Å². The highest BCUT2D eigenvalue weighted by atomic mass is 32.1. The van der Waals surface area contributed by atoms with E-state index in [0.717, 1.165) is 4.88 Å². The third-order valence-corrected chi connectivity index (χ3v) is 3.81. The van der Waals surface area contributed by atoms with Crippen molar-refractivity contribution in [3.05, 3.63) is 35.3 Å². The molecule has 21 heavy (non-hydrogen) atoms. The topological polar surface area (TPSA) is 71.5 Å². The van der Waals surface area contributed by atoms with Crippen molar-refractivity contribution in [2.45, 2.75) is 6.92 Å². The summed E-state index contributed by atoms with van der Waals surface area (Å²) >= 11 is 1.39. The van der Waals surface area contributed by atoms with Crippen LogP contribution in [-0.2, 0) is 9.59 Å². The Bertz CT molecular complexity index is 698. The van der Waals surface area contributed by atoms with Crippen LogP contribution in [0.25, 0.3) is 0 Å². The van der Waals surface area contributed by atoms with E-state index in [4.69, 9.17) is 4.74 Å². The molecule has 0 spiro atoms. The van der Waals surface area contributed by atoms with Gasteiger partial charge in [0.05, 0.1) is 5.69 Å². The number of thiazole rings is 1. The lowest BCUT2D eigenvalue weighted by Crippen LogP contribution is -2.43. The predicted molar refractivity (Wildman–Crippen MR) is 79.8 cm³/mol. The zero-order valence-corrected chi connectivity index (χ0v) is 12.1. The summed E-state index contributed by atoms with van der Waals surface area (Å²) in [5, 5.41) is 3.23. The Labute approximate surface area is 125 Å². The zero-order chi connectivity index (χ0) is 14.8. The maximum absolute atomic E-state index is 12.1. The molecule has 1 aliphatic rings. The van der Waals surface area contributed by atoms with Gasteiger partial charge in [-0.05, 0) is 19.1 Å². The van der Waals surface area contributed by atoms with Crippen molar-refractivity contribution in [3.8, 4) is 5.75 Å². The molecule has 0 saturated heterocycles. The van der Waals surface area contributed by atoms with Crippen molar-refractivity contribution >= 4 is 34.0 Å². The summed E-state index contributed by atoms with van der Waals surface area (Å²) in [6.07, 6.45) is 1.69. The number of aryl methyl sites for hydroxylation is 1. The highest BCUT2D eigenvalue weighted by Crippen LogP contribution is 2.31. The molecule has 0 radical (unpaired) electrons. The van der Waals surface area contributed by atoms with Gasteiger partial charge in [-0.3, -0.25) is 14.5 Å². The lowest BCUT2D eigenvalue weighted by atomic mass is 10.2. The van der Waals surface area contributed by atoms with Crippen LogP contribution >= 0.6 is 11.3 Å². The second kappa shape index (κ2) is 5.53. The Morgan fingerprint density at radius 2 is 2.29 bits per heavy atom. The van der Waals surface area contributed by atoms with Gasteiger partial charge in [0.25, 0.3) is 5.91 Å². The summed E-state index contributed by atoms with van der Waals surface area (Å²) < 4.78 is 5.34. The molecule has 1 aromatic heterocycles. The zero-order valence-electron chi connectivity index (χ0n) is 11.3. The number of para-hydroxylation sites is 2. The largest absolute Gasteiger partial charge is 0.482 e. The number of nitrogens with one attached hydrogen (secondary N) is 1. The van der Waals surface area contributed by atoms with Crippen LogP contribution in [0.15, 0.2) is 30.5 Å². The summed E-state index contributed by atoms with van der Waals surface area (Å²) in [6, 6.07) is 7.16. The van der Waals surface area contributed by atoms with Crippen LogP contribution in [0, 0.1) is 6.92 Å². The number of carbonyl (C=O) groups excluding carboxylic acids is 2. The molecule has 108 valence electrons. The summed E-state index contributed by atoms with van der Waals surface area (Å²) in [5.74, 6) is 0.0866. The molecule has 3 rings (SSSR count). The van der Waals surface area contributed by atoms with Crippen molar-refractivity contribution in [3.63, 3.8) is 0 Å². The molecule has 2 aromatic rings. The van der Waals surface area contributed by atoms with Crippen molar-refractivity contribution in [1.82, 2.24) is 4.98 Å². The van der Waals surface area contributed by atoms with E-state index in [0.29, 0.717) is 16.6 Å². The number of aromatic nitrogens is 1. The first kappa shape index (κ1) is 13.6. The van der Waals surface area contributed by atoms with E-state index >= 15 is 0 Å². The van der Waals surface area contributed by atoms with Crippen molar-refractivity contribution in [1.29, 1.82) is 0 Å². The first-order valence-electron chi connectivity index (χ1n) is 6.38. The predicted octanol–water partition coefficient (Wildman–Crippen LogP) is 1.82. The lowest BCUT2D eigenvalue weighted by molar-refractivity contribution is -0.123. The standard InChI is InChI=1S/C14H13N3O3S/c1-9-6-15-14(21-9)16-12(18)7-17-10-4-2-3-5-11(10)20-8-13(17)19/h2-6H,7-8H2,1H3,(H,15,16,18). The van der Waals surface area contributed by atoms with Gasteiger partial charge >= 0.3 is 0 Å². The highest BCUT2D eigenvalue weighted by molar-refractivity contribution is 7.15. The van der Waals surface area contributed by atoms with Gasteiger partial charge < -0.3 is 10.1 Å². The summed E-state index contributed by atoms with van der Waals surface area (Å²) in [5.41, 5.74) is 0.610. The second-order valence-corrected chi connectivity index (χ2v) is 5.80. The molecule has 7 heteroatoms. The van der Waals surface area contributed by atoms with Crippen molar-refractivity contribution in [2.24, 2.45) is 0 Å². The minimum Gasteiger partial charge on any atom is -0.482 e. The van der Waals surface area contributed by atoms with Gasteiger partial charge in [-0.1, -0.05) is 12.1 Å². The maximum atomic E-state index is 12.1. The van der Waals surface area contributed by atoms with E-state index in [1.54, 1.807) is 24.4 Å². The quantitative estimate of drug-likeness (QED) is 0.939. The number of carbonyl (C=O) groups is 2. The number of amides is 2. The van der Waals surface area contributed by atoms with E-state index in [1.165, 1.54) is 16.2 Å². The minimum absolute atomic E-state index is 0.0549. The molecule has 0 fully saturated rings. The number of anilines is 2. The fraction of sp³-hybridized carbons (Fsp3) is 0.214. The first-order valence-corrected chi connectivity index (χ1v) is 7.19. The summed E-state index contributed by atoms with van der Waals surface area (Å²) in [6.45, 7) is 1.80. The van der Waals surface area contributed by atoms with Gasteiger partial charge in [0.1, 0.15) is 12.3 Å². The molecule has 1 aromatic carbocycles. The second-order valence-electron chi connectivity index (χ2n) is 4.56. The van der Waals surface area contributed by atoms with Crippen LogP contribution in [0.5, 0.6) is 5.75 Å². The van der Waals surface area contributed by atoms with Gasteiger partial charge in [-0.2, -0.15) is 0 Å². The monoisotopic (exact) mass is 303 g/mol. The molecular formula is C14H13N3O3S. The van der Waals surface area contributed by atoms with Gasteiger partial charge in [0, 0.05) is 11.1 Å². The highest BCUT2D eigenvalue weighted by Gasteiger charge is 2.27. The summed E-state index contributed by atoms with van der Waals surface area (Å²) in [7, 11) is 0. The Morgan fingerprint density at radius 3 is 3.05 bits per heavy atom. The van der Waals surface area contributed by atoms with Crippen LogP contribution in [0.1, 0.15) is 4.88 Å². The first-order chi connectivity index (χ1) is 10.1. The molecule has 2 amide bonds. The van der Waals surface area contributed by atoms with Crippen LogP contribution in [0.3, 0.4) is 0 Å². The maximum Gasteiger partial charge on any atom is 0.265 e. The van der Waals surface area contributed by atoms with Crippen molar-refractivity contribution in [2.75, 3.05) is 23.4 Å². The van der Waals surface area contributed by atoms with Gasteiger partial charge in [0.2, 0.25) is 5.91 Å². The molecule has 0 bridgehead atoms. The fourth-order valence-corrected chi connectivity index (χ4v) is 2.72. The number of hydrogen-bond donors (Lipinski definition) is 1. The number of hydrogen-bond acceptors (Lipinski definition) is 5. The molecule has 0 unspecified atom stereocenters. The van der Waals surface area contributed by atoms with Crippen LogP contribution < -0.4 is 15.0 Å². The number of nitrogens with zero attached hydrogens (tertiary/aromatic N) is 2. The van der Waals surface area contributed by atoms with E-state index in [2.05, 4.69) is 10.3 Å². The summed E-state index contributed by atoms with van der Waals surface area (Å²) in [4.78, 5) is 30.5. The Kier molecular flexibility index (Phi) is 3.57. The molecule has 1 aliphatic heterocycles. The van der Waals surface area contributed by atoms with Crippen LogP contribution in [0.4, 0.5) is 10.8 Å². The normalized spacial score (nSPS) is 13.6. The third-order valence-electron chi connectivity index (χ3n) is 2.98.